The summed E-state index contributed by atoms with van der Waals surface area (Å²) in [6.07, 6.45) is 3.41. The molecule has 6 nitrogen and oxygen atoms in total. The predicted octanol–water partition coefficient (Wildman–Crippen LogP) is 2.18. The molecule has 2 aromatic rings. The highest BCUT2D eigenvalue weighted by Gasteiger charge is 2.36. The zero-order valence-corrected chi connectivity index (χ0v) is 15.5. The van der Waals surface area contributed by atoms with E-state index in [1.54, 1.807) is 7.11 Å². The SMILES string of the molecule is CCn1nnc2c1CCN(C(=O)CC1Cc3ccccc3C1)[C@@H]2COC. The number of methoxy groups -OCH3 is 1. The minimum absolute atomic E-state index is 0.125. The first-order valence-corrected chi connectivity index (χ1v) is 9.48. The normalized spacial score (nSPS) is 19.5. The summed E-state index contributed by atoms with van der Waals surface area (Å²) in [6, 6.07) is 8.41. The second kappa shape index (κ2) is 7.19. The van der Waals surface area contributed by atoms with Gasteiger partial charge in [0.25, 0.3) is 0 Å². The van der Waals surface area contributed by atoms with Gasteiger partial charge in [0.2, 0.25) is 5.91 Å². The molecule has 0 radical (unpaired) electrons. The molecule has 1 amide bonds. The van der Waals surface area contributed by atoms with Crippen molar-refractivity contribution in [3.05, 3.63) is 46.8 Å². The summed E-state index contributed by atoms with van der Waals surface area (Å²) in [7, 11) is 1.68. The Labute approximate surface area is 154 Å². The van der Waals surface area contributed by atoms with E-state index in [1.165, 1.54) is 11.1 Å². The topological polar surface area (TPSA) is 60.2 Å². The van der Waals surface area contributed by atoms with Crippen LogP contribution in [-0.4, -0.2) is 46.1 Å². The van der Waals surface area contributed by atoms with Gasteiger partial charge in [0.1, 0.15) is 11.7 Å². The summed E-state index contributed by atoms with van der Waals surface area (Å²) in [5.74, 6) is 0.609. The molecule has 0 fully saturated rings. The highest BCUT2D eigenvalue weighted by Crippen LogP contribution is 2.32. The Bertz CT molecular complexity index is 776. The quantitative estimate of drug-likeness (QED) is 0.826. The Hall–Kier alpha value is -2.21. The second-order valence-corrected chi connectivity index (χ2v) is 7.29. The smallest absolute Gasteiger partial charge is 0.223 e. The van der Waals surface area contributed by atoms with Crippen LogP contribution < -0.4 is 0 Å². The molecule has 0 spiro atoms. The maximum absolute atomic E-state index is 13.1. The molecule has 2 heterocycles. The number of carbonyl (C=O) groups is 1. The standard InChI is InChI=1S/C20H26N4O2/c1-3-24-17-8-9-23(18(13-26-2)20(17)21-22-24)19(25)12-14-10-15-6-4-5-7-16(15)11-14/h4-7,14,18H,3,8-13H2,1-2H3/t18-/m1/s1. The Kier molecular flexibility index (Phi) is 4.76. The fourth-order valence-electron chi connectivity index (χ4n) is 4.43. The van der Waals surface area contributed by atoms with Gasteiger partial charge in [-0.15, -0.1) is 5.10 Å². The largest absolute Gasteiger partial charge is 0.382 e. The number of fused-ring (bicyclic) bond motifs is 2. The van der Waals surface area contributed by atoms with Crippen LogP contribution in [0.3, 0.4) is 0 Å². The van der Waals surface area contributed by atoms with Gasteiger partial charge < -0.3 is 9.64 Å². The number of ether oxygens (including phenoxy) is 1. The Morgan fingerprint density at radius 2 is 2.00 bits per heavy atom. The van der Waals surface area contributed by atoms with Crippen LogP contribution in [-0.2, 0) is 35.3 Å². The number of rotatable bonds is 5. The Morgan fingerprint density at radius 1 is 1.27 bits per heavy atom. The molecule has 1 aromatic carbocycles. The third-order valence-electron chi connectivity index (χ3n) is 5.69. The van der Waals surface area contributed by atoms with E-state index in [0.29, 0.717) is 25.5 Å². The molecular formula is C20H26N4O2. The maximum atomic E-state index is 13.1. The molecule has 0 N–H and O–H groups in total. The van der Waals surface area contributed by atoms with E-state index >= 15 is 0 Å². The molecule has 1 aliphatic carbocycles. The first-order valence-electron chi connectivity index (χ1n) is 9.48. The van der Waals surface area contributed by atoms with E-state index < -0.39 is 0 Å². The lowest BCUT2D eigenvalue weighted by Gasteiger charge is -2.35. The van der Waals surface area contributed by atoms with Gasteiger partial charge in [-0.25, -0.2) is 4.68 Å². The summed E-state index contributed by atoms with van der Waals surface area (Å²) in [6.45, 7) is 4.05. The van der Waals surface area contributed by atoms with Crippen molar-refractivity contribution in [3.8, 4) is 0 Å². The second-order valence-electron chi connectivity index (χ2n) is 7.29. The number of carbonyl (C=O) groups excluding carboxylic acids is 1. The zero-order valence-electron chi connectivity index (χ0n) is 15.5. The fraction of sp³-hybridized carbons (Fsp3) is 0.550. The molecule has 1 aromatic heterocycles. The van der Waals surface area contributed by atoms with Crippen molar-refractivity contribution < 1.29 is 9.53 Å². The molecule has 1 aliphatic heterocycles. The van der Waals surface area contributed by atoms with Crippen LogP contribution in [0.4, 0.5) is 0 Å². The molecule has 4 rings (SSSR count). The van der Waals surface area contributed by atoms with E-state index in [-0.39, 0.29) is 11.9 Å². The summed E-state index contributed by atoms with van der Waals surface area (Å²) >= 11 is 0. The number of amides is 1. The van der Waals surface area contributed by atoms with Crippen molar-refractivity contribution in [3.63, 3.8) is 0 Å². The van der Waals surface area contributed by atoms with Crippen LogP contribution in [0.25, 0.3) is 0 Å². The van der Waals surface area contributed by atoms with Gasteiger partial charge in [0.05, 0.1) is 12.3 Å². The van der Waals surface area contributed by atoms with Gasteiger partial charge >= 0.3 is 0 Å². The van der Waals surface area contributed by atoms with Gasteiger partial charge in [-0.1, -0.05) is 29.5 Å². The Balaban J connectivity index is 1.49. The van der Waals surface area contributed by atoms with Crippen LogP contribution in [0.1, 0.15) is 41.9 Å². The maximum Gasteiger partial charge on any atom is 0.223 e. The van der Waals surface area contributed by atoms with Gasteiger partial charge in [0.15, 0.2) is 0 Å². The van der Waals surface area contributed by atoms with Crippen LogP contribution in [0.2, 0.25) is 0 Å². The molecule has 0 unspecified atom stereocenters. The lowest BCUT2D eigenvalue weighted by atomic mass is 9.98. The highest BCUT2D eigenvalue weighted by atomic mass is 16.5. The number of nitrogens with zero attached hydrogens (tertiary/aromatic N) is 4. The van der Waals surface area contributed by atoms with Crippen LogP contribution in [0, 0.1) is 5.92 Å². The van der Waals surface area contributed by atoms with Gasteiger partial charge in [-0.05, 0) is 36.8 Å². The average Bonchev–Trinajstić information content (AvgIpc) is 3.25. The van der Waals surface area contributed by atoms with Crippen LogP contribution in [0.5, 0.6) is 0 Å². The number of aryl methyl sites for hydroxylation is 1. The first-order chi connectivity index (χ1) is 12.7. The van der Waals surface area contributed by atoms with Crippen molar-refractivity contribution in [2.45, 2.75) is 45.2 Å². The predicted molar refractivity (Wildman–Crippen MR) is 97.7 cm³/mol. The van der Waals surface area contributed by atoms with Crippen molar-refractivity contribution in [2.75, 3.05) is 20.3 Å². The third-order valence-corrected chi connectivity index (χ3v) is 5.69. The molecule has 0 saturated heterocycles. The van der Waals surface area contributed by atoms with Crippen molar-refractivity contribution >= 4 is 5.91 Å². The van der Waals surface area contributed by atoms with E-state index in [9.17, 15) is 4.79 Å². The molecule has 26 heavy (non-hydrogen) atoms. The summed E-state index contributed by atoms with van der Waals surface area (Å²) in [5.41, 5.74) is 4.84. The van der Waals surface area contributed by atoms with E-state index in [2.05, 4.69) is 41.5 Å². The monoisotopic (exact) mass is 354 g/mol. The molecule has 2 aliphatic rings. The molecule has 0 bridgehead atoms. The minimum atomic E-state index is -0.125. The summed E-state index contributed by atoms with van der Waals surface area (Å²) < 4.78 is 7.35. The molecule has 6 heteroatoms. The number of aromatic nitrogens is 3. The van der Waals surface area contributed by atoms with Crippen molar-refractivity contribution in [2.24, 2.45) is 5.92 Å². The summed E-state index contributed by atoms with van der Waals surface area (Å²) in [5, 5.41) is 8.61. The van der Waals surface area contributed by atoms with Crippen molar-refractivity contribution in [1.82, 2.24) is 19.9 Å². The molecule has 138 valence electrons. The van der Waals surface area contributed by atoms with Gasteiger partial charge in [-0.3, -0.25) is 4.79 Å². The Morgan fingerprint density at radius 3 is 2.65 bits per heavy atom. The van der Waals surface area contributed by atoms with E-state index in [0.717, 1.165) is 37.2 Å². The van der Waals surface area contributed by atoms with Crippen LogP contribution in [0.15, 0.2) is 24.3 Å². The average molecular weight is 354 g/mol. The highest BCUT2D eigenvalue weighted by molar-refractivity contribution is 5.77. The van der Waals surface area contributed by atoms with Crippen LogP contribution >= 0.6 is 0 Å². The van der Waals surface area contributed by atoms with Crippen molar-refractivity contribution in [1.29, 1.82) is 0 Å². The summed E-state index contributed by atoms with van der Waals surface area (Å²) in [4.78, 5) is 15.1. The number of hydrogen-bond acceptors (Lipinski definition) is 4. The first kappa shape index (κ1) is 17.2. The molecular weight excluding hydrogens is 328 g/mol. The van der Waals surface area contributed by atoms with Gasteiger partial charge in [-0.2, -0.15) is 0 Å². The minimum Gasteiger partial charge on any atom is -0.382 e. The van der Waals surface area contributed by atoms with E-state index in [4.69, 9.17) is 4.74 Å². The number of benzene rings is 1. The fourth-order valence-corrected chi connectivity index (χ4v) is 4.43. The molecule has 1 atom stereocenters. The lowest BCUT2D eigenvalue weighted by molar-refractivity contribution is -0.136. The zero-order chi connectivity index (χ0) is 18.1. The van der Waals surface area contributed by atoms with Gasteiger partial charge in [0, 0.05) is 33.0 Å². The van der Waals surface area contributed by atoms with E-state index in [1.807, 2.05) is 9.58 Å². The lowest BCUT2D eigenvalue weighted by Crippen LogP contribution is -2.43. The number of hydrogen-bond donors (Lipinski definition) is 0. The third kappa shape index (κ3) is 3.03. The molecule has 0 saturated carbocycles.